The molecule has 1 fully saturated rings. The Labute approximate surface area is 362 Å². The lowest BCUT2D eigenvalue weighted by atomic mass is 9.80. The summed E-state index contributed by atoms with van der Waals surface area (Å²) < 4.78 is 2.03. The van der Waals surface area contributed by atoms with Gasteiger partial charge in [0.25, 0.3) is 5.91 Å². The number of halogens is 1. The summed E-state index contributed by atoms with van der Waals surface area (Å²) in [6.45, 7) is 7.92. The van der Waals surface area contributed by atoms with Crippen LogP contribution in [0.1, 0.15) is 99.3 Å². The first-order valence-electron chi connectivity index (χ1n) is 20.5. The molecule has 1 unspecified atom stereocenters. The van der Waals surface area contributed by atoms with Crippen LogP contribution >= 0.6 is 22.9 Å². The standard InChI is InChI=1S/C44H46BClN8O6S/c1-25-26(2)61-44-39(25)40(29-12-16-31(46)17-13-29)48-34(41-51-50-27(3)54(41)44)22-38(56)47-20-5-4-6-21-52(23-28-10-14-30(15-11-28)45(59)60)35-9-7-8-32-33(35)24-53(43(32)58)36-18-19-37(55)49-42(36)57/h7-17,34,36,59-60H,4-6,18-24H2,1-3H3,(H,47,56)(H,49,55,57)/t34-,36?/m0/s1. The molecule has 314 valence electrons. The summed E-state index contributed by atoms with van der Waals surface area (Å²) in [5.74, 6) is 0.171. The van der Waals surface area contributed by atoms with E-state index in [1.807, 2.05) is 60.0 Å². The molecule has 0 spiro atoms. The van der Waals surface area contributed by atoms with Crippen LogP contribution in [0, 0.1) is 20.8 Å². The smallest absolute Gasteiger partial charge is 0.423 e. The summed E-state index contributed by atoms with van der Waals surface area (Å²) in [4.78, 5) is 62.0. The zero-order valence-corrected chi connectivity index (χ0v) is 35.7. The van der Waals surface area contributed by atoms with E-state index >= 15 is 0 Å². The fourth-order valence-electron chi connectivity index (χ4n) is 8.38. The Morgan fingerprint density at radius 2 is 1.77 bits per heavy atom. The molecule has 8 rings (SSSR count). The first-order valence-corrected chi connectivity index (χ1v) is 21.7. The van der Waals surface area contributed by atoms with E-state index in [1.54, 1.807) is 34.4 Å². The van der Waals surface area contributed by atoms with Gasteiger partial charge in [0.1, 0.15) is 22.9 Å². The van der Waals surface area contributed by atoms with Crippen molar-refractivity contribution in [2.45, 2.75) is 84.5 Å². The lowest BCUT2D eigenvalue weighted by Crippen LogP contribution is -2.52. The number of piperidine rings is 1. The van der Waals surface area contributed by atoms with Gasteiger partial charge in [-0.25, -0.2) is 0 Å². The van der Waals surface area contributed by atoms with Crippen LogP contribution in [0.4, 0.5) is 5.69 Å². The maximum Gasteiger partial charge on any atom is 0.488 e. The molecule has 61 heavy (non-hydrogen) atoms. The van der Waals surface area contributed by atoms with Gasteiger partial charge in [0.05, 0.1) is 12.1 Å². The van der Waals surface area contributed by atoms with E-state index in [1.165, 1.54) is 4.88 Å². The molecule has 0 aliphatic carbocycles. The van der Waals surface area contributed by atoms with Gasteiger partial charge in [0.15, 0.2) is 5.82 Å². The third kappa shape index (κ3) is 8.62. The highest BCUT2D eigenvalue weighted by Gasteiger charge is 2.40. The highest BCUT2D eigenvalue weighted by molar-refractivity contribution is 7.15. The van der Waals surface area contributed by atoms with Crippen molar-refractivity contribution in [3.8, 4) is 5.00 Å². The Hall–Kier alpha value is -5.68. The van der Waals surface area contributed by atoms with Crippen LogP contribution in [0.2, 0.25) is 5.02 Å². The number of amides is 4. The number of aromatic nitrogens is 3. The van der Waals surface area contributed by atoms with Gasteiger partial charge in [-0.1, -0.05) is 54.1 Å². The lowest BCUT2D eigenvalue weighted by molar-refractivity contribution is -0.137. The minimum absolute atomic E-state index is 0.0930. The van der Waals surface area contributed by atoms with E-state index < -0.39 is 25.1 Å². The predicted molar refractivity (Wildman–Crippen MR) is 235 cm³/mol. The number of anilines is 1. The number of carbonyl (C=O) groups is 4. The van der Waals surface area contributed by atoms with Crippen LogP contribution in [-0.4, -0.2) is 85.3 Å². The highest BCUT2D eigenvalue weighted by Crippen LogP contribution is 2.40. The third-order valence-corrected chi connectivity index (χ3v) is 13.2. The Kier molecular flexibility index (Phi) is 12.2. The van der Waals surface area contributed by atoms with E-state index in [0.717, 1.165) is 69.3 Å². The zero-order valence-electron chi connectivity index (χ0n) is 34.2. The van der Waals surface area contributed by atoms with Crippen LogP contribution in [-0.2, 0) is 27.5 Å². The van der Waals surface area contributed by atoms with Crippen molar-refractivity contribution in [2.75, 3.05) is 18.0 Å². The molecule has 3 aromatic carbocycles. The zero-order chi connectivity index (χ0) is 42.9. The fraction of sp³-hybridized carbons (Fsp3) is 0.341. The molecule has 3 aliphatic rings. The molecule has 0 saturated carbocycles. The van der Waals surface area contributed by atoms with Crippen LogP contribution in [0.25, 0.3) is 5.00 Å². The van der Waals surface area contributed by atoms with E-state index in [9.17, 15) is 29.2 Å². The van der Waals surface area contributed by atoms with Gasteiger partial charge in [0, 0.05) is 70.4 Å². The monoisotopic (exact) mass is 860 g/mol. The summed E-state index contributed by atoms with van der Waals surface area (Å²) in [5, 5.41) is 35.3. The van der Waals surface area contributed by atoms with Crippen molar-refractivity contribution >= 4 is 70.5 Å². The topological polar surface area (TPSA) is 182 Å². The van der Waals surface area contributed by atoms with Crippen molar-refractivity contribution in [3.63, 3.8) is 0 Å². The van der Waals surface area contributed by atoms with Crippen LogP contribution in [0.5, 0.6) is 0 Å². The van der Waals surface area contributed by atoms with Gasteiger partial charge in [-0.3, -0.25) is 34.1 Å². The minimum Gasteiger partial charge on any atom is -0.423 e. The van der Waals surface area contributed by atoms with E-state index in [4.69, 9.17) is 16.6 Å². The average Bonchev–Trinajstić information content (AvgIpc) is 3.85. The maximum absolute atomic E-state index is 13.6. The van der Waals surface area contributed by atoms with Crippen LogP contribution < -0.4 is 21.0 Å². The number of nitrogens with zero attached hydrogens (tertiary/aromatic N) is 6. The largest absolute Gasteiger partial charge is 0.488 e. The summed E-state index contributed by atoms with van der Waals surface area (Å²) >= 11 is 7.92. The van der Waals surface area contributed by atoms with E-state index in [-0.39, 0.29) is 43.5 Å². The molecule has 3 aliphatic heterocycles. The number of hydrogen-bond acceptors (Lipinski definition) is 11. The molecule has 5 aromatic rings. The molecule has 17 heteroatoms. The van der Waals surface area contributed by atoms with Crippen molar-refractivity contribution in [1.29, 1.82) is 0 Å². The number of nitrogens with one attached hydrogen (secondary N) is 2. The number of imide groups is 1. The Morgan fingerprint density at radius 1 is 1.00 bits per heavy atom. The number of fused-ring (bicyclic) bond motifs is 4. The normalized spacial score (nSPS) is 17.0. The first kappa shape index (κ1) is 42.0. The SMILES string of the molecule is Cc1sc2c(c1C)C(c1ccc(Cl)cc1)=N[C@@H](CC(=O)NCCCCCN(Cc1ccc(B(O)O)cc1)c1cccc3c1CN(C1CCC(=O)NC1=O)C3=O)c1nnc(C)n1-2. The lowest BCUT2D eigenvalue weighted by Gasteiger charge is -2.30. The number of carbonyl (C=O) groups excluding carboxylic acids is 4. The minimum atomic E-state index is -1.58. The second-order valence-electron chi connectivity index (χ2n) is 15.8. The summed E-state index contributed by atoms with van der Waals surface area (Å²) in [5.41, 5.74) is 7.36. The molecule has 14 nitrogen and oxygen atoms in total. The quantitative estimate of drug-likeness (QED) is 0.0704. The van der Waals surface area contributed by atoms with Gasteiger partial charge < -0.3 is 25.2 Å². The third-order valence-electron chi connectivity index (χ3n) is 11.7. The molecule has 0 bridgehead atoms. The van der Waals surface area contributed by atoms with Crippen molar-refractivity contribution in [3.05, 3.63) is 122 Å². The molecule has 0 radical (unpaired) electrons. The fourth-order valence-corrected chi connectivity index (χ4v) is 9.72. The number of benzene rings is 3. The predicted octanol–water partition coefficient (Wildman–Crippen LogP) is 4.62. The molecule has 2 atom stereocenters. The number of unbranched alkanes of at least 4 members (excludes halogenated alkanes) is 2. The highest BCUT2D eigenvalue weighted by atomic mass is 35.5. The first-order chi connectivity index (χ1) is 29.4. The van der Waals surface area contributed by atoms with Gasteiger partial charge in [0.2, 0.25) is 17.7 Å². The van der Waals surface area contributed by atoms with Crippen LogP contribution in [0.15, 0.2) is 71.7 Å². The van der Waals surface area contributed by atoms with E-state index in [0.29, 0.717) is 41.5 Å². The summed E-state index contributed by atoms with van der Waals surface area (Å²) in [6, 6.07) is 18.9. The number of rotatable bonds is 14. The molecule has 4 amide bonds. The maximum atomic E-state index is 13.6. The van der Waals surface area contributed by atoms with Crippen LogP contribution in [0.3, 0.4) is 0 Å². The van der Waals surface area contributed by atoms with Crippen molar-refractivity contribution in [1.82, 2.24) is 30.3 Å². The molecule has 5 heterocycles. The summed E-state index contributed by atoms with van der Waals surface area (Å²) in [6.07, 6.45) is 2.85. The van der Waals surface area contributed by atoms with Gasteiger partial charge >= 0.3 is 7.12 Å². The van der Waals surface area contributed by atoms with Gasteiger partial charge in [-0.2, -0.15) is 0 Å². The van der Waals surface area contributed by atoms with Crippen molar-refractivity contribution < 1.29 is 29.2 Å². The molecule has 4 N–H and O–H groups in total. The number of thiophene rings is 1. The molecule has 1 saturated heterocycles. The number of aryl methyl sites for hydroxylation is 2. The summed E-state index contributed by atoms with van der Waals surface area (Å²) in [7, 11) is -1.58. The molecule has 2 aromatic heterocycles. The second kappa shape index (κ2) is 17.7. The Balaban J connectivity index is 0.939. The van der Waals surface area contributed by atoms with Gasteiger partial charge in [-0.05, 0) is 87.3 Å². The Morgan fingerprint density at radius 3 is 2.51 bits per heavy atom. The van der Waals surface area contributed by atoms with Gasteiger partial charge in [-0.15, -0.1) is 21.5 Å². The number of hydrogen-bond donors (Lipinski definition) is 4. The molecular formula is C44H46BClN8O6S. The molecular weight excluding hydrogens is 815 g/mol. The van der Waals surface area contributed by atoms with Crippen molar-refractivity contribution in [2.24, 2.45) is 4.99 Å². The van der Waals surface area contributed by atoms with E-state index in [2.05, 4.69) is 39.6 Å². The second-order valence-corrected chi connectivity index (χ2v) is 17.4. The average molecular weight is 861 g/mol. The number of aliphatic imine (C=N–C) groups is 1. The Bertz CT molecular complexity index is 2540.